The second kappa shape index (κ2) is 4.61. The lowest BCUT2D eigenvalue weighted by Crippen LogP contribution is -2.38. The van der Waals surface area contributed by atoms with Gasteiger partial charge in [0.15, 0.2) is 0 Å². The Kier molecular flexibility index (Phi) is 3.65. The largest absolute Gasteiger partial charge is 0.314 e. The minimum absolute atomic E-state index is 0.000886. The summed E-state index contributed by atoms with van der Waals surface area (Å²) in [5.41, 5.74) is 2.27. The SMILES string of the molecule is CNC(C)(C)Cc1ccc([N+](=O)[O-])cc1C. The van der Waals surface area contributed by atoms with Crippen LogP contribution in [-0.2, 0) is 6.42 Å². The van der Waals surface area contributed by atoms with Gasteiger partial charge in [-0.15, -0.1) is 0 Å². The van der Waals surface area contributed by atoms with Gasteiger partial charge in [0.25, 0.3) is 5.69 Å². The smallest absolute Gasteiger partial charge is 0.269 e. The lowest BCUT2D eigenvalue weighted by atomic mass is 9.92. The molecular formula is C12H18N2O2. The van der Waals surface area contributed by atoms with E-state index in [2.05, 4.69) is 19.2 Å². The Morgan fingerprint density at radius 3 is 2.50 bits per heavy atom. The number of nitrogens with one attached hydrogen (secondary N) is 1. The molecule has 0 aliphatic rings. The van der Waals surface area contributed by atoms with E-state index >= 15 is 0 Å². The Morgan fingerprint density at radius 1 is 1.44 bits per heavy atom. The van der Waals surface area contributed by atoms with Crippen molar-refractivity contribution in [2.45, 2.75) is 32.7 Å². The predicted octanol–water partition coefficient (Wildman–Crippen LogP) is 2.44. The molecule has 0 aliphatic carbocycles. The Balaban J connectivity index is 2.96. The number of likely N-dealkylation sites (N-methyl/N-ethyl adjacent to an activating group) is 1. The number of nitro groups is 1. The number of hydrogen-bond donors (Lipinski definition) is 1. The highest BCUT2D eigenvalue weighted by molar-refractivity contribution is 5.39. The van der Waals surface area contributed by atoms with Gasteiger partial charge in [-0.3, -0.25) is 10.1 Å². The van der Waals surface area contributed by atoms with E-state index in [4.69, 9.17) is 0 Å². The summed E-state index contributed by atoms with van der Waals surface area (Å²) in [6.07, 6.45) is 0.854. The van der Waals surface area contributed by atoms with Gasteiger partial charge in [-0.05, 0) is 45.4 Å². The van der Waals surface area contributed by atoms with Crippen LogP contribution in [0, 0.1) is 17.0 Å². The topological polar surface area (TPSA) is 55.2 Å². The van der Waals surface area contributed by atoms with Crippen molar-refractivity contribution in [2.75, 3.05) is 7.05 Å². The van der Waals surface area contributed by atoms with Crippen LogP contribution in [0.5, 0.6) is 0 Å². The van der Waals surface area contributed by atoms with Crippen LogP contribution in [0.3, 0.4) is 0 Å². The minimum atomic E-state index is -0.361. The van der Waals surface area contributed by atoms with Crippen molar-refractivity contribution in [3.8, 4) is 0 Å². The zero-order valence-corrected chi connectivity index (χ0v) is 10.2. The molecule has 0 aliphatic heterocycles. The maximum atomic E-state index is 10.6. The predicted molar refractivity (Wildman–Crippen MR) is 64.7 cm³/mol. The molecule has 0 amide bonds. The second-order valence-electron chi connectivity index (χ2n) is 4.68. The lowest BCUT2D eigenvalue weighted by Gasteiger charge is -2.24. The first-order valence-corrected chi connectivity index (χ1v) is 5.28. The highest BCUT2D eigenvalue weighted by Crippen LogP contribution is 2.20. The van der Waals surface area contributed by atoms with Crippen LogP contribution in [0.25, 0.3) is 0 Å². The molecule has 16 heavy (non-hydrogen) atoms. The highest BCUT2D eigenvalue weighted by atomic mass is 16.6. The van der Waals surface area contributed by atoms with Gasteiger partial charge in [-0.2, -0.15) is 0 Å². The molecular weight excluding hydrogens is 204 g/mol. The highest BCUT2D eigenvalue weighted by Gasteiger charge is 2.17. The van der Waals surface area contributed by atoms with Crippen molar-refractivity contribution in [3.63, 3.8) is 0 Å². The first-order chi connectivity index (χ1) is 7.35. The third-order valence-electron chi connectivity index (χ3n) is 2.85. The number of non-ortho nitro benzene ring substituents is 1. The van der Waals surface area contributed by atoms with Gasteiger partial charge < -0.3 is 5.32 Å². The van der Waals surface area contributed by atoms with Crippen molar-refractivity contribution in [3.05, 3.63) is 39.4 Å². The monoisotopic (exact) mass is 222 g/mol. The number of rotatable bonds is 4. The molecule has 1 aromatic carbocycles. The Morgan fingerprint density at radius 2 is 2.06 bits per heavy atom. The van der Waals surface area contributed by atoms with Crippen molar-refractivity contribution in [1.29, 1.82) is 0 Å². The van der Waals surface area contributed by atoms with Crippen LogP contribution in [0.1, 0.15) is 25.0 Å². The summed E-state index contributed by atoms with van der Waals surface area (Å²) in [5.74, 6) is 0. The number of aryl methyl sites for hydroxylation is 1. The van der Waals surface area contributed by atoms with Gasteiger partial charge in [0, 0.05) is 17.7 Å². The summed E-state index contributed by atoms with van der Waals surface area (Å²) in [7, 11) is 1.92. The van der Waals surface area contributed by atoms with Gasteiger partial charge >= 0.3 is 0 Å². The minimum Gasteiger partial charge on any atom is -0.314 e. The molecule has 1 N–H and O–H groups in total. The average Bonchev–Trinajstić information content (AvgIpc) is 2.20. The third kappa shape index (κ3) is 3.03. The van der Waals surface area contributed by atoms with Crippen molar-refractivity contribution in [2.24, 2.45) is 0 Å². The van der Waals surface area contributed by atoms with E-state index in [0.717, 1.165) is 17.5 Å². The molecule has 4 heteroatoms. The van der Waals surface area contributed by atoms with Crippen LogP contribution in [0.15, 0.2) is 18.2 Å². The summed E-state index contributed by atoms with van der Waals surface area (Å²) in [6.45, 7) is 6.12. The van der Waals surface area contributed by atoms with Gasteiger partial charge in [-0.25, -0.2) is 0 Å². The molecule has 0 unspecified atom stereocenters. The summed E-state index contributed by atoms with van der Waals surface area (Å²) in [4.78, 5) is 10.2. The summed E-state index contributed by atoms with van der Waals surface area (Å²) in [5, 5.41) is 13.8. The van der Waals surface area contributed by atoms with Gasteiger partial charge in [0.05, 0.1) is 4.92 Å². The molecule has 0 radical (unpaired) electrons. The molecule has 0 heterocycles. The van der Waals surface area contributed by atoms with E-state index in [1.807, 2.05) is 20.0 Å². The fraction of sp³-hybridized carbons (Fsp3) is 0.500. The first kappa shape index (κ1) is 12.6. The number of nitro benzene ring substituents is 1. The van der Waals surface area contributed by atoms with E-state index in [1.165, 1.54) is 0 Å². The molecule has 1 aromatic rings. The number of benzene rings is 1. The summed E-state index contributed by atoms with van der Waals surface area (Å²) < 4.78 is 0. The van der Waals surface area contributed by atoms with Crippen molar-refractivity contribution >= 4 is 5.69 Å². The van der Waals surface area contributed by atoms with E-state index in [9.17, 15) is 10.1 Å². The van der Waals surface area contributed by atoms with E-state index < -0.39 is 0 Å². The first-order valence-electron chi connectivity index (χ1n) is 5.28. The van der Waals surface area contributed by atoms with Gasteiger partial charge in [0.1, 0.15) is 0 Å². The van der Waals surface area contributed by atoms with Crippen LogP contribution < -0.4 is 5.32 Å². The molecule has 0 aromatic heterocycles. The Hall–Kier alpha value is -1.42. The van der Waals surface area contributed by atoms with Crippen molar-refractivity contribution in [1.82, 2.24) is 5.32 Å². The fourth-order valence-electron chi connectivity index (χ4n) is 1.56. The molecule has 0 saturated heterocycles. The van der Waals surface area contributed by atoms with Crippen LogP contribution in [0.4, 0.5) is 5.69 Å². The standard InChI is InChI=1S/C12H18N2O2/c1-9-7-11(14(15)16)6-5-10(9)8-12(2,3)13-4/h5-7,13H,8H2,1-4H3. The average molecular weight is 222 g/mol. The van der Waals surface area contributed by atoms with Crippen LogP contribution >= 0.6 is 0 Å². The molecule has 4 nitrogen and oxygen atoms in total. The quantitative estimate of drug-likeness (QED) is 0.629. The molecule has 0 atom stereocenters. The van der Waals surface area contributed by atoms with Gasteiger partial charge in [0.2, 0.25) is 0 Å². The Bertz CT molecular complexity index is 400. The maximum Gasteiger partial charge on any atom is 0.269 e. The number of hydrogen-bond acceptors (Lipinski definition) is 3. The summed E-state index contributed by atoms with van der Waals surface area (Å²) >= 11 is 0. The third-order valence-corrected chi connectivity index (χ3v) is 2.85. The lowest BCUT2D eigenvalue weighted by molar-refractivity contribution is -0.384. The maximum absolute atomic E-state index is 10.6. The molecule has 0 saturated carbocycles. The summed E-state index contributed by atoms with van der Waals surface area (Å²) in [6, 6.07) is 5.03. The van der Waals surface area contributed by atoms with Crippen molar-refractivity contribution < 1.29 is 4.92 Å². The zero-order chi connectivity index (χ0) is 12.3. The normalized spacial score (nSPS) is 11.5. The van der Waals surface area contributed by atoms with E-state index in [1.54, 1.807) is 12.1 Å². The van der Waals surface area contributed by atoms with E-state index in [0.29, 0.717) is 0 Å². The van der Waals surface area contributed by atoms with Gasteiger partial charge in [-0.1, -0.05) is 6.07 Å². The van der Waals surface area contributed by atoms with Crippen LogP contribution in [-0.4, -0.2) is 17.5 Å². The fourth-order valence-corrected chi connectivity index (χ4v) is 1.56. The van der Waals surface area contributed by atoms with Crippen LogP contribution in [0.2, 0.25) is 0 Å². The molecule has 1 rings (SSSR count). The second-order valence-corrected chi connectivity index (χ2v) is 4.68. The zero-order valence-electron chi connectivity index (χ0n) is 10.2. The van der Waals surface area contributed by atoms with E-state index in [-0.39, 0.29) is 16.1 Å². The number of nitrogens with zero attached hydrogens (tertiary/aromatic N) is 1. The molecule has 88 valence electrons. The Labute approximate surface area is 95.8 Å². The molecule has 0 fully saturated rings. The molecule has 0 spiro atoms. The molecule has 0 bridgehead atoms.